The highest BCUT2D eigenvalue weighted by Gasteiger charge is 2.26. The second-order valence-corrected chi connectivity index (χ2v) is 6.01. The summed E-state index contributed by atoms with van der Waals surface area (Å²) >= 11 is 3.36. The average Bonchev–Trinajstić information content (AvgIpc) is 2.50. The molecule has 0 radical (unpaired) electrons. The Hall–Kier alpha value is -1.31. The molecule has 4 N–H and O–H groups in total. The van der Waals surface area contributed by atoms with Gasteiger partial charge in [-0.25, -0.2) is 0 Å². The summed E-state index contributed by atoms with van der Waals surface area (Å²) in [6, 6.07) is 3.32. The van der Waals surface area contributed by atoms with Crippen molar-refractivity contribution in [3.8, 4) is 0 Å². The Kier molecular flexibility index (Phi) is 5.08. The molecule has 0 bridgehead atoms. The summed E-state index contributed by atoms with van der Waals surface area (Å²) in [4.78, 5) is 16.3. The number of anilines is 3. The average molecular weight is 357 g/mol. The number of halogens is 1. The second-order valence-electron chi connectivity index (χ2n) is 5.15. The van der Waals surface area contributed by atoms with Crippen molar-refractivity contribution in [2.45, 2.75) is 13.0 Å². The largest absolute Gasteiger partial charge is 0.397 e. The van der Waals surface area contributed by atoms with E-state index in [2.05, 4.69) is 20.8 Å². The van der Waals surface area contributed by atoms with Crippen LogP contribution in [0.25, 0.3) is 0 Å². The summed E-state index contributed by atoms with van der Waals surface area (Å²) in [5.74, 6) is 0.0213. The van der Waals surface area contributed by atoms with Crippen molar-refractivity contribution < 1.29 is 9.53 Å². The fourth-order valence-electron chi connectivity index (χ4n) is 2.35. The van der Waals surface area contributed by atoms with Crippen LogP contribution in [-0.4, -0.2) is 50.2 Å². The van der Waals surface area contributed by atoms with Gasteiger partial charge >= 0.3 is 0 Å². The van der Waals surface area contributed by atoms with E-state index in [-0.39, 0.29) is 11.9 Å². The van der Waals surface area contributed by atoms with E-state index in [1.54, 1.807) is 24.1 Å². The number of nitrogens with zero attached hydrogens (tertiary/aromatic N) is 2. The monoisotopic (exact) mass is 356 g/mol. The third-order valence-corrected chi connectivity index (χ3v) is 4.47. The molecule has 0 saturated carbocycles. The van der Waals surface area contributed by atoms with Gasteiger partial charge in [-0.05, 0) is 35.0 Å². The highest BCUT2D eigenvalue weighted by Crippen LogP contribution is 2.31. The molecule has 1 saturated heterocycles. The molecule has 1 aromatic rings. The Balaban J connectivity index is 2.14. The van der Waals surface area contributed by atoms with Crippen LogP contribution in [0.4, 0.5) is 17.1 Å². The molecule has 0 aromatic heterocycles. The van der Waals surface area contributed by atoms with Gasteiger partial charge in [0.2, 0.25) is 5.91 Å². The zero-order valence-corrected chi connectivity index (χ0v) is 13.9. The van der Waals surface area contributed by atoms with E-state index in [9.17, 15) is 4.79 Å². The van der Waals surface area contributed by atoms with Crippen molar-refractivity contribution in [2.24, 2.45) is 0 Å². The summed E-state index contributed by atoms with van der Waals surface area (Å²) in [5.41, 5.74) is 13.3. The molecular weight excluding hydrogens is 336 g/mol. The van der Waals surface area contributed by atoms with Gasteiger partial charge in [-0.3, -0.25) is 9.69 Å². The van der Waals surface area contributed by atoms with Crippen LogP contribution in [0.15, 0.2) is 16.6 Å². The Bertz CT molecular complexity index is 509. The number of carbonyl (C=O) groups is 1. The Morgan fingerprint density at radius 1 is 1.38 bits per heavy atom. The van der Waals surface area contributed by atoms with Crippen LogP contribution in [0.2, 0.25) is 0 Å². The molecule has 1 aliphatic heterocycles. The number of likely N-dealkylation sites (N-methyl/N-ethyl adjacent to an activating group) is 1. The van der Waals surface area contributed by atoms with Crippen molar-refractivity contribution in [3.63, 3.8) is 0 Å². The lowest BCUT2D eigenvalue weighted by atomic mass is 10.2. The molecule has 1 aromatic carbocycles. The Labute approximate surface area is 133 Å². The van der Waals surface area contributed by atoms with Crippen LogP contribution >= 0.6 is 15.9 Å². The quantitative estimate of drug-likeness (QED) is 0.797. The van der Waals surface area contributed by atoms with Gasteiger partial charge in [-0.1, -0.05) is 0 Å². The van der Waals surface area contributed by atoms with Crippen LogP contribution in [0.5, 0.6) is 0 Å². The number of nitrogens with two attached hydrogens (primary N) is 2. The predicted octanol–water partition coefficient (Wildman–Crippen LogP) is 1.30. The first-order valence-corrected chi connectivity index (χ1v) is 7.65. The fourth-order valence-corrected chi connectivity index (χ4v) is 2.81. The van der Waals surface area contributed by atoms with Crippen molar-refractivity contribution in [1.82, 2.24) is 4.90 Å². The molecule has 116 valence electrons. The van der Waals surface area contributed by atoms with E-state index in [1.807, 2.05) is 6.92 Å². The summed E-state index contributed by atoms with van der Waals surface area (Å²) in [5, 5.41) is 0. The van der Waals surface area contributed by atoms with E-state index >= 15 is 0 Å². The van der Waals surface area contributed by atoms with Crippen molar-refractivity contribution >= 4 is 38.9 Å². The molecule has 1 fully saturated rings. The molecule has 1 aliphatic rings. The number of ether oxygens (including phenoxy) is 1. The second kappa shape index (κ2) is 6.64. The summed E-state index contributed by atoms with van der Waals surface area (Å²) in [6.07, 6.45) is 0. The summed E-state index contributed by atoms with van der Waals surface area (Å²) < 4.78 is 6.01. The molecule has 1 amide bonds. The van der Waals surface area contributed by atoms with Gasteiger partial charge in [-0.2, -0.15) is 0 Å². The lowest BCUT2D eigenvalue weighted by Gasteiger charge is -2.33. The molecule has 0 unspecified atom stereocenters. The number of benzene rings is 1. The Morgan fingerprint density at radius 2 is 2.00 bits per heavy atom. The maximum atomic E-state index is 12.6. The molecule has 1 atom stereocenters. The zero-order valence-electron chi connectivity index (χ0n) is 12.3. The van der Waals surface area contributed by atoms with E-state index in [4.69, 9.17) is 16.2 Å². The lowest BCUT2D eigenvalue weighted by Crippen LogP contribution is -2.50. The first-order valence-electron chi connectivity index (χ1n) is 6.85. The number of morpholine rings is 1. The van der Waals surface area contributed by atoms with Crippen LogP contribution in [0.3, 0.4) is 0 Å². The summed E-state index contributed by atoms with van der Waals surface area (Å²) in [7, 11) is 1.75. The molecule has 21 heavy (non-hydrogen) atoms. The third-order valence-electron chi connectivity index (χ3n) is 3.81. The van der Waals surface area contributed by atoms with Crippen molar-refractivity contribution in [2.75, 3.05) is 49.7 Å². The SMILES string of the molecule is C[C@@H](C(=O)N(C)c1cc(N)c(N)c(Br)c1)N1CCOCC1. The third kappa shape index (κ3) is 3.48. The van der Waals surface area contributed by atoms with Gasteiger partial charge in [-0.15, -0.1) is 0 Å². The van der Waals surface area contributed by atoms with E-state index in [1.165, 1.54) is 0 Å². The molecule has 0 aliphatic carbocycles. The number of carbonyl (C=O) groups excluding carboxylic acids is 1. The van der Waals surface area contributed by atoms with E-state index < -0.39 is 0 Å². The first kappa shape index (κ1) is 16.1. The fraction of sp³-hybridized carbons (Fsp3) is 0.500. The van der Waals surface area contributed by atoms with Gasteiger partial charge in [0, 0.05) is 30.3 Å². The standard InChI is InChI=1S/C14H21BrN4O2/c1-9(19-3-5-21-6-4-19)14(20)18(2)10-7-11(15)13(17)12(16)8-10/h7-9H,3-6,16-17H2,1-2H3/t9-/m0/s1. The minimum absolute atomic E-state index is 0.0213. The molecule has 0 spiro atoms. The van der Waals surface area contributed by atoms with Gasteiger partial charge < -0.3 is 21.1 Å². The summed E-state index contributed by atoms with van der Waals surface area (Å²) in [6.45, 7) is 4.80. The van der Waals surface area contributed by atoms with Crippen LogP contribution in [0, 0.1) is 0 Å². The topological polar surface area (TPSA) is 84.8 Å². The number of nitrogen functional groups attached to an aromatic ring is 2. The molecule has 6 nitrogen and oxygen atoms in total. The predicted molar refractivity (Wildman–Crippen MR) is 88.2 cm³/mol. The number of hydrogen-bond acceptors (Lipinski definition) is 5. The molecule has 7 heteroatoms. The maximum Gasteiger partial charge on any atom is 0.243 e. The molecule has 1 heterocycles. The normalized spacial score (nSPS) is 17.5. The highest BCUT2D eigenvalue weighted by molar-refractivity contribution is 9.10. The van der Waals surface area contributed by atoms with Gasteiger partial charge in [0.15, 0.2) is 0 Å². The van der Waals surface area contributed by atoms with Crippen LogP contribution in [0.1, 0.15) is 6.92 Å². The van der Waals surface area contributed by atoms with E-state index in [0.29, 0.717) is 29.1 Å². The zero-order chi connectivity index (χ0) is 15.6. The minimum atomic E-state index is -0.198. The Morgan fingerprint density at radius 3 is 2.57 bits per heavy atom. The number of amides is 1. The van der Waals surface area contributed by atoms with Crippen LogP contribution in [-0.2, 0) is 9.53 Å². The smallest absolute Gasteiger partial charge is 0.243 e. The highest BCUT2D eigenvalue weighted by atomic mass is 79.9. The lowest BCUT2D eigenvalue weighted by molar-refractivity contribution is -0.124. The van der Waals surface area contributed by atoms with Gasteiger partial charge in [0.05, 0.1) is 30.6 Å². The first-order chi connectivity index (χ1) is 9.91. The van der Waals surface area contributed by atoms with Crippen LogP contribution < -0.4 is 16.4 Å². The van der Waals surface area contributed by atoms with Gasteiger partial charge in [0.1, 0.15) is 0 Å². The molecular formula is C14H21BrN4O2. The minimum Gasteiger partial charge on any atom is -0.397 e. The van der Waals surface area contributed by atoms with E-state index in [0.717, 1.165) is 18.8 Å². The van der Waals surface area contributed by atoms with Crippen molar-refractivity contribution in [3.05, 3.63) is 16.6 Å². The molecule has 2 rings (SSSR count). The maximum absolute atomic E-state index is 12.6. The van der Waals surface area contributed by atoms with Gasteiger partial charge in [0.25, 0.3) is 0 Å². The van der Waals surface area contributed by atoms with Crippen molar-refractivity contribution in [1.29, 1.82) is 0 Å². The number of hydrogen-bond donors (Lipinski definition) is 2. The number of rotatable bonds is 3.